The maximum Gasteiger partial charge on any atom is 0.276 e. The topological polar surface area (TPSA) is 71.4 Å². The maximum absolute atomic E-state index is 11.9. The third-order valence-electron chi connectivity index (χ3n) is 2.19. The number of nitrogens with one attached hydrogen (secondary N) is 1. The molecule has 0 radical (unpaired) electrons. The molecule has 7 heteroatoms. The van der Waals surface area contributed by atoms with Gasteiger partial charge in [-0.3, -0.25) is 4.98 Å². The highest BCUT2D eigenvalue weighted by Crippen LogP contribution is 2.13. The number of hydrogen-bond acceptors (Lipinski definition) is 4. The molecule has 0 spiro atoms. The van der Waals surface area contributed by atoms with Gasteiger partial charge in [-0.15, -0.1) is 0 Å². The minimum atomic E-state index is -3.67. The van der Waals surface area contributed by atoms with E-state index >= 15 is 0 Å². The van der Waals surface area contributed by atoms with Gasteiger partial charge in [-0.1, -0.05) is 17.7 Å². The quantitative estimate of drug-likeness (QED) is 0.693. The fraction of sp³-hybridized carbons (Fsp3) is 0. The van der Waals surface area contributed by atoms with Crippen molar-refractivity contribution in [2.24, 2.45) is 5.10 Å². The lowest BCUT2D eigenvalue weighted by Gasteiger charge is -2.02. The molecule has 2 rings (SSSR count). The summed E-state index contributed by atoms with van der Waals surface area (Å²) in [5.41, 5.74) is 0.696. The van der Waals surface area contributed by atoms with Gasteiger partial charge in [-0.25, -0.2) is 4.83 Å². The summed E-state index contributed by atoms with van der Waals surface area (Å²) in [4.78, 5) is 6.10. The molecule has 0 atom stereocenters. The molecule has 0 unspecified atom stereocenters. The smallest absolute Gasteiger partial charge is 0.264 e. The van der Waals surface area contributed by atoms with Crippen molar-refractivity contribution < 1.29 is 8.42 Å². The molecular formula is C12H10ClN3O2S. The van der Waals surface area contributed by atoms with Crippen molar-refractivity contribution in [3.63, 3.8) is 0 Å². The van der Waals surface area contributed by atoms with Crippen LogP contribution in [0.4, 0.5) is 0 Å². The number of hydrogen-bond donors (Lipinski definition) is 1. The molecule has 1 heterocycles. The monoisotopic (exact) mass is 295 g/mol. The zero-order valence-corrected chi connectivity index (χ0v) is 11.3. The van der Waals surface area contributed by atoms with E-state index in [0.717, 1.165) is 0 Å². The first-order valence-corrected chi connectivity index (χ1v) is 7.14. The van der Waals surface area contributed by atoms with Gasteiger partial charge in [-0.2, -0.15) is 13.5 Å². The van der Waals surface area contributed by atoms with Crippen LogP contribution >= 0.6 is 11.6 Å². The summed E-state index contributed by atoms with van der Waals surface area (Å²) in [6.45, 7) is 0. The molecule has 1 aromatic carbocycles. The molecule has 0 aliphatic rings. The molecule has 5 nitrogen and oxygen atoms in total. The Hall–Kier alpha value is -1.92. The lowest BCUT2D eigenvalue weighted by Crippen LogP contribution is -2.18. The van der Waals surface area contributed by atoms with Crippen molar-refractivity contribution >= 4 is 27.8 Å². The predicted molar refractivity (Wildman–Crippen MR) is 73.6 cm³/mol. The number of aromatic nitrogens is 1. The van der Waals surface area contributed by atoms with E-state index in [2.05, 4.69) is 14.9 Å². The largest absolute Gasteiger partial charge is 0.276 e. The standard InChI is InChI=1S/C12H10ClN3O2S/c13-11-3-5-12(6-4-11)19(17,18)16-15-9-10-2-1-7-14-8-10/h1-9,16H. The van der Waals surface area contributed by atoms with Crippen LogP contribution in [0.25, 0.3) is 0 Å². The maximum atomic E-state index is 11.9. The van der Waals surface area contributed by atoms with Gasteiger partial charge in [0, 0.05) is 23.0 Å². The van der Waals surface area contributed by atoms with Crippen LogP contribution in [-0.2, 0) is 10.0 Å². The van der Waals surface area contributed by atoms with Crippen molar-refractivity contribution in [2.45, 2.75) is 4.90 Å². The number of benzene rings is 1. The SMILES string of the molecule is O=S(=O)(NN=Cc1cccnc1)c1ccc(Cl)cc1. The van der Waals surface area contributed by atoms with E-state index < -0.39 is 10.0 Å². The highest BCUT2D eigenvalue weighted by Gasteiger charge is 2.11. The first-order valence-electron chi connectivity index (χ1n) is 5.28. The van der Waals surface area contributed by atoms with Crippen LogP contribution in [-0.4, -0.2) is 19.6 Å². The Morgan fingerprint density at radius 2 is 1.95 bits per heavy atom. The molecule has 98 valence electrons. The molecule has 1 N–H and O–H groups in total. The Morgan fingerprint density at radius 3 is 2.58 bits per heavy atom. The van der Waals surface area contributed by atoms with Gasteiger partial charge in [0.05, 0.1) is 11.1 Å². The Bertz CT molecular complexity index is 670. The molecule has 0 saturated heterocycles. The van der Waals surface area contributed by atoms with Gasteiger partial charge in [0.25, 0.3) is 10.0 Å². The summed E-state index contributed by atoms with van der Waals surface area (Å²) >= 11 is 5.69. The second-order valence-corrected chi connectivity index (χ2v) is 5.69. The summed E-state index contributed by atoms with van der Waals surface area (Å²) in [6.07, 6.45) is 4.57. The van der Waals surface area contributed by atoms with Gasteiger partial charge >= 0.3 is 0 Å². The van der Waals surface area contributed by atoms with E-state index in [-0.39, 0.29) is 4.90 Å². The molecule has 0 aliphatic carbocycles. The van der Waals surface area contributed by atoms with E-state index in [0.29, 0.717) is 10.6 Å². The Morgan fingerprint density at radius 1 is 1.21 bits per heavy atom. The van der Waals surface area contributed by atoms with E-state index in [4.69, 9.17) is 11.6 Å². The van der Waals surface area contributed by atoms with Gasteiger partial charge in [0.15, 0.2) is 0 Å². The summed E-state index contributed by atoms with van der Waals surface area (Å²) in [6, 6.07) is 9.30. The molecule has 0 amide bonds. The van der Waals surface area contributed by atoms with Crippen LogP contribution in [0.15, 0.2) is 58.8 Å². The lowest BCUT2D eigenvalue weighted by atomic mass is 10.3. The molecule has 19 heavy (non-hydrogen) atoms. The van der Waals surface area contributed by atoms with Gasteiger partial charge in [0.1, 0.15) is 0 Å². The van der Waals surface area contributed by atoms with E-state index in [1.165, 1.54) is 30.5 Å². The summed E-state index contributed by atoms with van der Waals surface area (Å²) in [7, 11) is -3.67. The fourth-order valence-corrected chi connectivity index (χ4v) is 2.21. The second-order valence-electron chi connectivity index (χ2n) is 3.59. The van der Waals surface area contributed by atoms with E-state index in [1.807, 2.05) is 0 Å². The predicted octanol–water partition coefficient (Wildman–Crippen LogP) is 2.05. The molecule has 0 bridgehead atoms. The van der Waals surface area contributed by atoms with Crippen LogP contribution in [0, 0.1) is 0 Å². The zero-order valence-electron chi connectivity index (χ0n) is 9.69. The first kappa shape index (κ1) is 13.5. The Balaban J connectivity index is 2.10. The van der Waals surface area contributed by atoms with Crippen molar-refractivity contribution in [1.29, 1.82) is 0 Å². The number of nitrogens with zero attached hydrogens (tertiary/aromatic N) is 2. The zero-order chi connectivity index (χ0) is 13.7. The second kappa shape index (κ2) is 5.81. The van der Waals surface area contributed by atoms with Gasteiger partial charge in [0.2, 0.25) is 0 Å². The molecule has 0 saturated carbocycles. The Kier molecular flexibility index (Phi) is 4.13. The van der Waals surface area contributed by atoms with Gasteiger partial charge in [-0.05, 0) is 30.3 Å². The molecular weight excluding hydrogens is 286 g/mol. The highest BCUT2D eigenvalue weighted by atomic mass is 35.5. The first-order chi connectivity index (χ1) is 9.08. The summed E-state index contributed by atoms with van der Waals surface area (Å²) in [5.74, 6) is 0. The van der Waals surface area contributed by atoms with Crippen LogP contribution in [0.2, 0.25) is 5.02 Å². The van der Waals surface area contributed by atoms with Crippen LogP contribution in [0.3, 0.4) is 0 Å². The van der Waals surface area contributed by atoms with E-state index in [1.54, 1.807) is 24.5 Å². The number of sulfonamides is 1. The van der Waals surface area contributed by atoms with E-state index in [9.17, 15) is 8.42 Å². The molecule has 2 aromatic rings. The van der Waals surface area contributed by atoms with Crippen molar-refractivity contribution in [1.82, 2.24) is 9.82 Å². The van der Waals surface area contributed by atoms with Crippen molar-refractivity contribution in [3.8, 4) is 0 Å². The minimum Gasteiger partial charge on any atom is -0.264 e. The normalized spacial score (nSPS) is 11.6. The average Bonchev–Trinajstić information content (AvgIpc) is 2.40. The van der Waals surface area contributed by atoms with Crippen molar-refractivity contribution in [2.75, 3.05) is 0 Å². The number of halogens is 1. The summed E-state index contributed by atoms with van der Waals surface area (Å²) in [5, 5.41) is 4.15. The average molecular weight is 296 g/mol. The Labute approximate surface area is 116 Å². The minimum absolute atomic E-state index is 0.0974. The third-order valence-corrected chi connectivity index (χ3v) is 3.69. The van der Waals surface area contributed by atoms with Crippen LogP contribution in [0.1, 0.15) is 5.56 Å². The fourth-order valence-electron chi connectivity index (χ4n) is 1.29. The molecule has 0 aliphatic heterocycles. The third kappa shape index (κ3) is 3.77. The highest BCUT2D eigenvalue weighted by molar-refractivity contribution is 7.89. The number of pyridine rings is 1. The molecule has 1 aromatic heterocycles. The number of rotatable bonds is 4. The van der Waals surface area contributed by atoms with Crippen LogP contribution in [0.5, 0.6) is 0 Å². The van der Waals surface area contributed by atoms with Gasteiger partial charge < -0.3 is 0 Å². The summed E-state index contributed by atoms with van der Waals surface area (Å²) < 4.78 is 23.7. The number of hydrazone groups is 1. The molecule has 0 fully saturated rings. The van der Waals surface area contributed by atoms with Crippen LogP contribution < -0.4 is 4.83 Å². The van der Waals surface area contributed by atoms with Crippen molar-refractivity contribution in [3.05, 3.63) is 59.4 Å². The lowest BCUT2D eigenvalue weighted by molar-refractivity contribution is 0.584.